The first-order valence-electron chi connectivity index (χ1n) is 3.98. The molecular weight excluding hydrogens is 225 g/mol. The predicted molar refractivity (Wildman–Crippen MR) is 56.8 cm³/mol. The lowest BCUT2D eigenvalue weighted by Gasteiger charge is -2.06. The van der Waals surface area contributed by atoms with Crippen LogP contribution in [-0.4, -0.2) is 12.6 Å². The number of halogens is 2. The molecule has 0 amide bonds. The zero-order chi connectivity index (χ0) is 10.7. The molecule has 0 aliphatic heterocycles. The highest BCUT2D eigenvalue weighted by atomic mass is 35.5. The lowest BCUT2D eigenvalue weighted by molar-refractivity contribution is 0.0526. The summed E-state index contributed by atoms with van der Waals surface area (Å²) in [7, 11) is 0. The van der Waals surface area contributed by atoms with E-state index >= 15 is 0 Å². The summed E-state index contributed by atoms with van der Waals surface area (Å²) < 4.78 is 4.78. The highest BCUT2D eigenvalue weighted by Crippen LogP contribution is 2.28. The van der Waals surface area contributed by atoms with Gasteiger partial charge in [0.05, 0.1) is 22.9 Å². The van der Waals surface area contributed by atoms with E-state index in [1.54, 1.807) is 6.92 Å². The third-order valence-corrected chi connectivity index (χ3v) is 2.20. The Kier molecular flexibility index (Phi) is 3.61. The lowest BCUT2D eigenvalue weighted by Crippen LogP contribution is -2.06. The number of esters is 1. The fourth-order valence-corrected chi connectivity index (χ4v) is 1.38. The van der Waals surface area contributed by atoms with Crippen molar-refractivity contribution in [1.82, 2.24) is 0 Å². The van der Waals surface area contributed by atoms with Gasteiger partial charge in [0.2, 0.25) is 0 Å². The van der Waals surface area contributed by atoms with E-state index in [1.165, 1.54) is 12.1 Å². The van der Waals surface area contributed by atoms with Crippen LogP contribution in [0.5, 0.6) is 0 Å². The molecular formula is C9H9Cl2NO2. The van der Waals surface area contributed by atoms with Gasteiger partial charge in [-0.2, -0.15) is 0 Å². The Labute approximate surface area is 91.7 Å². The number of rotatable bonds is 2. The van der Waals surface area contributed by atoms with Crippen LogP contribution in [0.1, 0.15) is 17.3 Å². The maximum atomic E-state index is 11.3. The molecule has 1 aromatic carbocycles. The molecule has 0 bridgehead atoms. The first-order valence-corrected chi connectivity index (χ1v) is 4.73. The average Bonchev–Trinajstić information content (AvgIpc) is 2.11. The molecule has 0 aliphatic rings. The third kappa shape index (κ3) is 2.30. The number of benzene rings is 1. The van der Waals surface area contributed by atoms with Gasteiger partial charge in [0.25, 0.3) is 0 Å². The van der Waals surface area contributed by atoms with Crippen LogP contribution >= 0.6 is 23.2 Å². The molecule has 0 atom stereocenters. The SMILES string of the molecule is CCOC(=O)c1cc(Cl)cc(N)c1Cl. The second kappa shape index (κ2) is 4.53. The third-order valence-electron chi connectivity index (χ3n) is 1.56. The van der Waals surface area contributed by atoms with Crippen molar-refractivity contribution < 1.29 is 9.53 Å². The van der Waals surface area contributed by atoms with Crippen LogP contribution < -0.4 is 5.73 Å². The largest absolute Gasteiger partial charge is 0.462 e. The Morgan fingerprint density at radius 1 is 1.50 bits per heavy atom. The summed E-state index contributed by atoms with van der Waals surface area (Å²) >= 11 is 11.5. The van der Waals surface area contributed by atoms with Gasteiger partial charge in [-0.15, -0.1) is 0 Å². The zero-order valence-electron chi connectivity index (χ0n) is 7.51. The van der Waals surface area contributed by atoms with Crippen molar-refractivity contribution in [3.05, 3.63) is 27.7 Å². The van der Waals surface area contributed by atoms with Gasteiger partial charge in [-0.3, -0.25) is 0 Å². The monoisotopic (exact) mass is 233 g/mol. The average molecular weight is 234 g/mol. The molecule has 2 N–H and O–H groups in total. The van der Waals surface area contributed by atoms with Gasteiger partial charge >= 0.3 is 5.97 Å². The van der Waals surface area contributed by atoms with E-state index in [1.807, 2.05) is 0 Å². The number of carbonyl (C=O) groups excluding carboxylic acids is 1. The Balaban J connectivity index is 3.13. The van der Waals surface area contributed by atoms with E-state index in [4.69, 9.17) is 33.7 Å². The van der Waals surface area contributed by atoms with E-state index < -0.39 is 5.97 Å². The molecule has 0 aliphatic carbocycles. The first-order chi connectivity index (χ1) is 6.56. The molecule has 0 fully saturated rings. The quantitative estimate of drug-likeness (QED) is 0.632. The van der Waals surface area contributed by atoms with Gasteiger partial charge in [-0.05, 0) is 19.1 Å². The molecule has 5 heteroatoms. The van der Waals surface area contributed by atoms with Crippen molar-refractivity contribution in [2.45, 2.75) is 6.92 Å². The molecule has 1 aromatic rings. The van der Waals surface area contributed by atoms with Crippen LogP contribution in [-0.2, 0) is 4.74 Å². The second-order valence-corrected chi connectivity index (χ2v) is 3.39. The van der Waals surface area contributed by atoms with E-state index in [9.17, 15) is 4.79 Å². The molecule has 0 saturated heterocycles. The standard InChI is InChI=1S/C9H9Cl2NO2/c1-2-14-9(13)6-3-5(10)4-7(12)8(6)11/h3-4H,2,12H2,1H3. The van der Waals surface area contributed by atoms with Gasteiger partial charge in [0, 0.05) is 5.02 Å². The molecule has 0 saturated carbocycles. The molecule has 3 nitrogen and oxygen atoms in total. The van der Waals surface area contributed by atoms with Crippen LogP contribution in [0.3, 0.4) is 0 Å². The molecule has 0 heterocycles. The molecule has 0 unspecified atom stereocenters. The number of hydrogen-bond donors (Lipinski definition) is 1. The zero-order valence-corrected chi connectivity index (χ0v) is 9.02. The first kappa shape index (κ1) is 11.1. The van der Waals surface area contributed by atoms with Crippen LogP contribution in [0.4, 0.5) is 5.69 Å². The molecule has 0 radical (unpaired) electrons. The molecule has 0 aromatic heterocycles. The molecule has 14 heavy (non-hydrogen) atoms. The van der Waals surface area contributed by atoms with E-state index in [2.05, 4.69) is 0 Å². The summed E-state index contributed by atoms with van der Waals surface area (Å²) in [4.78, 5) is 11.3. The Bertz CT molecular complexity index is 366. The van der Waals surface area contributed by atoms with Crippen molar-refractivity contribution >= 4 is 34.9 Å². The number of hydrogen-bond acceptors (Lipinski definition) is 3. The molecule has 76 valence electrons. The number of nitrogen functional groups attached to an aromatic ring is 1. The highest BCUT2D eigenvalue weighted by molar-refractivity contribution is 6.37. The summed E-state index contributed by atoms with van der Waals surface area (Å²) in [5.41, 5.74) is 5.99. The van der Waals surface area contributed by atoms with Crippen molar-refractivity contribution in [3.8, 4) is 0 Å². The van der Waals surface area contributed by atoms with Crippen molar-refractivity contribution in [1.29, 1.82) is 0 Å². The van der Waals surface area contributed by atoms with Crippen molar-refractivity contribution in [2.24, 2.45) is 0 Å². The lowest BCUT2D eigenvalue weighted by atomic mass is 10.2. The van der Waals surface area contributed by atoms with Gasteiger partial charge in [0.1, 0.15) is 0 Å². The van der Waals surface area contributed by atoms with Crippen molar-refractivity contribution in [3.63, 3.8) is 0 Å². The van der Waals surface area contributed by atoms with Crippen LogP contribution in [0.2, 0.25) is 10.0 Å². The van der Waals surface area contributed by atoms with Crippen LogP contribution in [0.25, 0.3) is 0 Å². The summed E-state index contributed by atoms with van der Waals surface area (Å²) in [6, 6.07) is 2.91. The van der Waals surface area contributed by atoms with E-state index in [0.29, 0.717) is 5.02 Å². The number of nitrogens with two attached hydrogens (primary N) is 1. The van der Waals surface area contributed by atoms with Gasteiger partial charge < -0.3 is 10.5 Å². The maximum Gasteiger partial charge on any atom is 0.339 e. The fourth-order valence-electron chi connectivity index (χ4n) is 0.968. The second-order valence-electron chi connectivity index (χ2n) is 2.58. The summed E-state index contributed by atoms with van der Waals surface area (Å²) in [5.74, 6) is -0.522. The van der Waals surface area contributed by atoms with Gasteiger partial charge in [0.15, 0.2) is 0 Å². The molecule has 1 rings (SSSR count). The minimum atomic E-state index is -0.522. The van der Waals surface area contributed by atoms with E-state index in [0.717, 1.165) is 0 Å². The van der Waals surface area contributed by atoms with E-state index in [-0.39, 0.29) is 22.9 Å². The normalized spacial score (nSPS) is 9.93. The number of carbonyl (C=O) groups is 1. The molecule has 0 spiro atoms. The van der Waals surface area contributed by atoms with Crippen LogP contribution in [0.15, 0.2) is 12.1 Å². The van der Waals surface area contributed by atoms with Gasteiger partial charge in [-0.1, -0.05) is 23.2 Å². The minimum absolute atomic E-state index is 0.174. The Morgan fingerprint density at radius 2 is 2.14 bits per heavy atom. The minimum Gasteiger partial charge on any atom is -0.462 e. The summed E-state index contributed by atoms with van der Waals surface area (Å²) in [5, 5.41) is 0.530. The number of anilines is 1. The fraction of sp³-hybridized carbons (Fsp3) is 0.222. The van der Waals surface area contributed by atoms with Crippen molar-refractivity contribution in [2.75, 3.05) is 12.3 Å². The smallest absolute Gasteiger partial charge is 0.339 e. The summed E-state index contributed by atoms with van der Waals surface area (Å²) in [6.45, 7) is 1.99. The topological polar surface area (TPSA) is 52.3 Å². The van der Waals surface area contributed by atoms with Gasteiger partial charge in [-0.25, -0.2) is 4.79 Å². The van der Waals surface area contributed by atoms with Crippen LogP contribution in [0, 0.1) is 0 Å². The maximum absolute atomic E-state index is 11.3. The Morgan fingerprint density at radius 3 is 2.71 bits per heavy atom. The highest BCUT2D eigenvalue weighted by Gasteiger charge is 2.14. The predicted octanol–water partition coefficient (Wildman–Crippen LogP) is 2.75. The summed E-state index contributed by atoms with van der Waals surface area (Å²) in [6.07, 6.45) is 0. The number of ether oxygens (including phenoxy) is 1. The Hall–Kier alpha value is -0.930.